The third kappa shape index (κ3) is 6.24. The number of hydrogen-bond acceptors (Lipinski definition) is 7. The van der Waals surface area contributed by atoms with Crippen molar-refractivity contribution < 1.29 is 9.59 Å². The summed E-state index contributed by atoms with van der Waals surface area (Å²) in [5, 5.41) is 11.1. The van der Waals surface area contributed by atoms with Crippen molar-refractivity contribution in [3.8, 4) is 0 Å². The van der Waals surface area contributed by atoms with Gasteiger partial charge in [0.2, 0.25) is 5.95 Å². The van der Waals surface area contributed by atoms with Gasteiger partial charge in [0.05, 0.1) is 10.9 Å². The number of carbonyl (C=O) groups is 2. The summed E-state index contributed by atoms with van der Waals surface area (Å²) < 4.78 is 0. The molecular formula is C25H27N5O2S2. The third-order valence-corrected chi connectivity index (χ3v) is 7.20. The molecule has 1 atom stereocenters. The maximum absolute atomic E-state index is 13.2. The van der Waals surface area contributed by atoms with Gasteiger partial charge in [0.15, 0.2) is 0 Å². The molecule has 2 amide bonds. The van der Waals surface area contributed by atoms with Gasteiger partial charge in [-0.2, -0.15) is 0 Å². The highest BCUT2D eigenvalue weighted by Gasteiger charge is 2.21. The zero-order valence-corrected chi connectivity index (χ0v) is 21.0. The summed E-state index contributed by atoms with van der Waals surface area (Å²) in [6.45, 7) is 5.87. The lowest BCUT2D eigenvalue weighted by Crippen LogP contribution is -2.35. The number of nitrogens with one attached hydrogen (secondary N) is 3. The van der Waals surface area contributed by atoms with Crippen molar-refractivity contribution >= 4 is 46.9 Å². The lowest BCUT2D eigenvalue weighted by atomic mass is 9.99. The Balaban J connectivity index is 1.45. The molecule has 34 heavy (non-hydrogen) atoms. The number of carbonyl (C=O) groups excluding carboxylic acids is 2. The Labute approximate surface area is 207 Å². The maximum Gasteiger partial charge on any atom is 0.272 e. The summed E-state index contributed by atoms with van der Waals surface area (Å²) in [7, 11) is 0. The van der Waals surface area contributed by atoms with E-state index in [-0.39, 0.29) is 23.6 Å². The highest BCUT2D eigenvalue weighted by molar-refractivity contribution is 8.04. The van der Waals surface area contributed by atoms with Gasteiger partial charge in [0.25, 0.3) is 11.8 Å². The number of thioether (sulfide) groups is 1. The zero-order chi connectivity index (χ0) is 24.1. The molecule has 2 aromatic rings. The second-order valence-electron chi connectivity index (χ2n) is 8.17. The summed E-state index contributed by atoms with van der Waals surface area (Å²) in [5.74, 6) is 0.880. The number of rotatable bonds is 7. The Morgan fingerprint density at radius 2 is 1.97 bits per heavy atom. The van der Waals surface area contributed by atoms with E-state index in [0.29, 0.717) is 17.3 Å². The summed E-state index contributed by atoms with van der Waals surface area (Å²) in [6.07, 6.45) is 9.05. The minimum absolute atomic E-state index is 0.0222. The summed E-state index contributed by atoms with van der Waals surface area (Å²) >= 11 is 3.01. The first-order chi connectivity index (χ1) is 16.4. The minimum Gasteiger partial charge on any atom is -0.348 e. The van der Waals surface area contributed by atoms with Crippen molar-refractivity contribution in [3.05, 3.63) is 79.9 Å². The van der Waals surface area contributed by atoms with Crippen LogP contribution in [0.2, 0.25) is 0 Å². The van der Waals surface area contributed by atoms with Crippen molar-refractivity contribution in [3.63, 3.8) is 0 Å². The van der Waals surface area contributed by atoms with E-state index in [4.69, 9.17) is 0 Å². The molecule has 3 heterocycles. The molecule has 3 N–H and O–H groups in total. The molecular weight excluding hydrogens is 466 g/mol. The number of aryl methyl sites for hydroxylation is 2. The third-order valence-electron chi connectivity index (χ3n) is 5.28. The summed E-state index contributed by atoms with van der Waals surface area (Å²) in [6, 6.07) is 5.77. The Morgan fingerprint density at radius 3 is 2.62 bits per heavy atom. The number of aromatic nitrogens is 2. The van der Waals surface area contributed by atoms with Gasteiger partial charge < -0.3 is 16.0 Å². The van der Waals surface area contributed by atoms with E-state index >= 15 is 0 Å². The largest absolute Gasteiger partial charge is 0.348 e. The zero-order valence-electron chi connectivity index (χ0n) is 19.3. The molecule has 0 bridgehead atoms. The molecule has 4 rings (SSSR count). The van der Waals surface area contributed by atoms with Gasteiger partial charge in [-0.1, -0.05) is 18.2 Å². The lowest BCUT2D eigenvalue weighted by molar-refractivity contribution is -0.121. The van der Waals surface area contributed by atoms with Crippen molar-refractivity contribution in [2.45, 2.75) is 39.7 Å². The maximum atomic E-state index is 13.2. The van der Waals surface area contributed by atoms with E-state index in [1.807, 2.05) is 62.6 Å². The van der Waals surface area contributed by atoms with Gasteiger partial charge in [-0.05, 0) is 68.9 Å². The lowest BCUT2D eigenvalue weighted by Gasteiger charge is -2.22. The molecule has 0 saturated heterocycles. The molecule has 0 aromatic carbocycles. The highest BCUT2D eigenvalue weighted by atomic mass is 32.2. The number of allylic oxidation sites excluding steroid dienone is 2. The molecule has 2 aromatic heterocycles. The van der Waals surface area contributed by atoms with Gasteiger partial charge in [-0.3, -0.25) is 9.59 Å². The molecule has 176 valence electrons. The van der Waals surface area contributed by atoms with Gasteiger partial charge in [0, 0.05) is 27.7 Å². The molecule has 0 saturated carbocycles. The average Bonchev–Trinajstić information content (AvgIpc) is 3.48. The number of anilines is 1. The molecule has 0 radical (unpaired) electrons. The fourth-order valence-corrected chi connectivity index (χ4v) is 5.22. The predicted octanol–water partition coefficient (Wildman–Crippen LogP) is 4.46. The van der Waals surface area contributed by atoms with Crippen LogP contribution in [0.5, 0.6) is 0 Å². The Hall–Kier alpha value is -3.17. The predicted molar refractivity (Wildman–Crippen MR) is 139 cm³/mol. The average molecular weight is 494 g/mol. The quantitative estimate of drug-likeness (QED) is 0.493. The molecule has 2 aliphatic rings. The minimum atomic E-state index is -0.353. The number of nitrogens with zero attached hydrogens (tertiary/aromatic N) is 2. The van der Waals surface area contributed by atoms with E-state index < -0.39 is 0 Å². The van der Waals surface area contributed by atoms with Crippen LogP contribution in [0.1, 0.15) is 36.0 Å². The van der Waals surface area contributed by atoms with E-state index in [0.717, 1.165) is 39.7 Å². The first-order valence-electron chi connectivity index (χ1n) is 11.0. The molecule has 7 nitrogen and oxygen atoms in total. The van der Waals surface area contributed by atoms with E-state index in [9.17, 15) is 9.59 Å². The van der Waals surface area contributed by atoms with Crippen LogP contribution in [-0.2, 0) is 9.59 Å². The highest BCUT2D eigenvalue weighted by Crippen LogP contribution is 2.25. The first kappa shape index (κ1) is 24.0. The van der Waals surface area contributed by atoms with Gasteiger partial charge in [-0.25, -0.2) is 9.97 Å². The monoisotopic (exact) mass is 493 g/mol. The van der Waals surface area contributed by atoms with Crippen molar-refractivity contribution in [1.82, 2.24) is 20.6 Å². The van der Waals surface area contributed by atoms with Crippen LogP contribution in [0.15, 0.2) is 63.7 Å². The standard InChI is InChI=1S/C25H27N5O2S2/c1-15-12-18(28-25-26-16(2)13-17(3)27-25)8-9-20(15)29-23(31)21(14-19-6-4-10-33-19)30-24(32)22-7-5-11-34-22/h4,6-10,13-14,18H,5,11-12H2,1-3H3,(H,29,31)(H,30,32)(H,26,27,28)/b21-14+. The van der Waals surface area contributed by atoms with Crippen LogP contribution < -0.4 is 16.0 Å². The van der Waals surface area contributed by atoms with Crippen molar-refractivity contribution in [1.29, 1.82) is 0 Å². The van der Waals surface area contributed by atoms with Gasteiger partial charge >= 0.3 is 0 Å². The summed E-state index contributed by atoms with van der Waals surface area (Å²) in [5.41, 5.74) is 3.79. The van der Waals surface area contributed by atoms with Gasteiger partial charge in [0.1, 0.15) is 5.70 Å². The fourth-order valence-electron chi connectivity index (χ4n) is 3.69. The van der Waals surface area contributed by atoms with E-state index in [1.54, 1.807) is 6.08 Å². The second kappa shape index (κ2) is 10.8. The van der Waals surface area contributed by atoms with Crippen LogP contribution in [0.3, 0.4) is 0 Å². The second-order valence-corrected chi connectivity index (χ2v) is 10.3. The van der Waals surface area contributed by atoms with E-state index in [2.05, 4.69) is 25.9 Å². The smallest absolute Gasteiger partial charge is 0.272 e. The molecule has 0 spiro atoms. The summed E-state index contributed by atoms with van der Waals surface area (Å²) in [4.78, 5) is 36.2. The number of hydrogen-bond donors (Lipinski definition) is 3. The van der Waals surface area contributed by atoms with Crippen molar-refractivity contribution in [2.24, 2.45) is 0 Å². The van der Waals surface area contributed by atoms with Crippen LogP contribution in [0.25, 0.3) is 6.08 Å². The molecule has 1 unspecified atom stereocenters. The van der Waals surface area contributed by atoms with Gasteiger partial charge in [-0.15, -0.1) is 23.1 Å². The Kier molecular flexibility index (Phi) is 7.64. The number of amides is 2. The normalized spacial score (nSPS) is 18.0. The molecule has 1 aliphatic carbocycles. The van der Waals surface area contributed by atoms with E-state index in [1.165, 1.54) is 23.1 Å². The van der Waals surface area contributed by atoms with Crippen LogP contribution in [-0.4, -0.2) is 33.6 Å². The topological polar surface area (TPSA) is 96.0 Å². The Bertz CT molecular complexity index is 1190. The molecule has 9 heteroatoms. The Morgan fingerprint density at radius 1 is 1.18 bits per heavy atom. The number of thiophene rings is 1. The van der Waals surface area contributed by atoms with Crippen LogP contribution in [0, 0.1) is 13.8 Å². The first-order valence-corrected chi connectivity index (χ1v) is 12.9. The van der Waals surface area contributed by atoms with Crippen molar-refractivity contribution in [2.75, 3.05) is 11.1 Å². The fraction of sp³-hybridized carbons (Fsp3) is 0.280. The molecule has 0 fully saturated rings. The molecule has 1 aliphatic heterocycles. The SMILES string of the molecule is CC1=C(NC(=O)/C(=C\c2cccs2)NC(=O)C2=CCCS2)C=CC(Nc2nc(C)cc(C)n2)C1. The van der Waals surface area contributed by atoms with Crippen LogP contribution in [0.4, 0.5) is 5.95 Å². The van der Waals surface area contributed by atoms with Crippen LogP contribution >= 0.6 is 23.1 Å².